The standard InChI is InChI=1S/C21H28N.C19H26N.C18H24N.C17H22N.C16H20N/c1-15-12-13-22(4)21(17(15)3)20-11-10-19(14-16(20)2)18-8-6-5-7-9-18;1-13(2)11-17-8-9-18(15(4)12-17)19-10-7-14(3)16(5)20(19)6;1-12(2)16-8-9-17(14(4)11-16)18-10-7-13(3)15(5)19(18)6;1-6-15-8-9-16(13(3)11-15)17-10-7-12(2)14(4)18(17)5;1-11-6-8-15(13(3)10-11)16-9-7-12(2)14(4)17(16)5/h10-14,18H,5-9H2,1-4H3;7-10,12-13H,11H2,1-6H3;7-12H,1-6H3;7-11H,6H2,1-5H3;6-10H,1-5H3/q5*+1. The minimum Gasteiger partial charge on any atom is -0.201 e. The lowest BCUT2D eigenvalue weighted by molar-refractivity contribution is -0.667. The number of pyridine rings is 5. The van der Waals surface area contributed by atoms with Gasteiger partial charge in [-0.2, -0.15) is 18.3 Å². The number of benzene rings is 5. The maximum atomic E-state index is 2.44. The molecule has 1 aliphatic carbocycles. The van der Waals surface area contributed by atoms with E-state index in [9.17, 15) is 0 Å². The van der Waals surface area contributed by atoms with E-state index >= 15 is 0 Å². The van der Waals surface area contributed by atoms with Crippen molar-refractivity contribution in [1.29, 1.82) is 0 Å². The molecule has 11 rings (SSSR count). The molecule has 5 nitrogen and oxygen atoms in total. The van der Waals surface area contributed by atoms with Crippen LogP contribution in [0.5, 0.6) is 0 Å². The smallest absolute Gasteiger partial charge is 0.201 e. The van der Waals surface area contributed by atoms with Crippen molar-refractivity contribution >= 4 is 0 Å². The van der Waals surface area contributed by atoms with E-state index in [0.29, 0.717) is 11.8 Å². The molecule has 0 unspecified atom stereocenters. The molecule has 0 saturated heterocycles. The maximum absolute atomic E-state index is 2.44. The lowest BCUT2D eigenvalue weighted by Crippen LogP contribution is -2.35. The highest BCUT2D eigenvalue weighted by atomic mass is 15.0. The van der Waals surface area contributed by atoms with Crippen LogP contribution in [0.25, 0.3) is 56.3 Å². The van der Waals surface area contributed by atoms with Crippen molar-refractivity contribution in [2.75, 3.05) is 0 Å². The molecule has 5 heteroatoms. The number of aryl methyl sites for hydroxylation is 13. The third-order valence-electron chi connectivity index (χ3n) is 21.2. The van der Waals surface area contributed by atoms with Gasteiger partial charge in [-0.05, 0) is 237 Å². The van der Waals surface area contributed by atoms with Gasteiger partial charge in [0, 0.05) is 114 Å². The minimum atomic E-state index is 0.584. The van der Waals surface area contributed by atoms with Crippen LogP contribution in [-0.4, -0.2) is 0 Å². The molecule has 1 aliphatic rings. The van der Waals surface area contributed by atoms with E-state index in [-0.39, 0.29) is 0 Å². The Morgan fingerprint density at radius 1 is 0.354 bits per heavy atom. The Kier molecular flexibility index (Phi) is 26.4. The predicted molar refractivity (Wildman–Crippen MR) is 409 cm³/mol. The van der Waals surface area contributed by atoms with Gasteiger partial charge in [-0.25, -0.2) is 4.57 Å². The van der Waals surface area contributed by atoms with E-state index in [1.807, 2.05) is 0 Å². The van der Waals surface area contributed by atoms with Crippen molar-refractivity contribution in [2.45, 2.75) is 202 Å². The highest BCUT2D eigenvalue weighted by Crippen LogP contribution is 2.36. The predicted octanol–water partition coefficient (Wildman–Crippen LogP) is 20.8. The van der Waals surface area contributed by atoms with Crippen molar-refractivity contribution in [3.05, 3.63) is 264 Å². The second-order valence-corrected chi connectivity index (χ2v) is 29.0. The normalized spacial score (nSPS) is 12.1. The zero-order valence-corrected chi connectivity index (χ0v) is 64.4. The lowest BCUT2D eigenvalue weighted by atomic mass is 9.83. The van der Waals surface area contributed by atoms with Crippen LogP contribution in [0.2, 0.25) is 0 Å². The highest BCUT2D eigenvalue weighted by molar-refractivity contribution is 5.67. The molecule has 0 spiro atoms. The van der Waals surface area contributed by atoms with Gasteiger partial charge in [0.1, 0.15) is 35.2 Å². The van der Waals surface area contributed by atoms with Crippen molar-refractivity contribution in [3.8, 4) is 56.3 Å². The topological polar surface area (TPSA) is 19.4 Å². The summed E-state index contributed by atoms with van der Waals surface area (Å²) in [7, 11) is 10.7. The highest BCUT2D eigenvalue weighted by Gasteiger charge is 2.23. The molecule has 5 aromatic heterocycles. The van der Waals surface area contributed by atoms with Gasteiger partial charge < -0.3 is 0 Å². The van der Waals surface area contributed by atoms with Gasteiger partial charge in [0.05, 0.1) is 0 Å². The Balaban J connectivity index is 0.000000170. The van der Waals surface area contributed by atoms with Crippen LogP contribution in [0.1, 0.15) is 190 Å². The van der Waals surface area contributed by atoms with Crippen LogP contribution in [-0.2, 0) is 48.1 Å². The fraction of sp³-hybridized carbons (Fsp3) is 0.396. The summed E-state index contributed by atoms with van der Waals surface area (Å²) in [5.41, 5.74) is 40.5. The third-order valence-corrected chi connectivity index (χ3v) is 21.2. The zero-order chi connectivity index (χ0) is 70.6. The molecule has 0 aliphatic heterocycles. The van der Waals surface area contributed by atoms with Gasteiger partial charge in [0.15, 0.2) is 29.0 Å². The summed E-state index contributed by atoms with van der Waals surface area (Å²) in [6.45, 7) is 46.2. The monoisotopic (exact) mass is 1280 g/mol. The molecule has 0 amide bonds. The number of hydrogen-bond donors (Lipinski definition) is 0. The molecule has 1 fully saturated rings. The Bertz CT molecular complexity index is 4350. The minimum absolute atomic E-state index is 0.584. The summed E-state index contributed by atoms with van der Waals surface area (Å²) in [4.78, 5) is 0. The molecule has 0 atom stereocenters. The Morgan fingerprint density at radius 2 is 0.740 bits per heavy atom. The van der Waals surface area contributed by atoms with Crippen molar-refractivity contribution < 1.29 is 22.8 Å². The quantitative estimate of drug-likeness (QED) is 0.122. The molecule has 5 aromatic carbocycles. The second kappa shape index (κ2) is 33.7. The summed E-state index contributed by atoms with van der Waals surface area (Å²) in [6, 6.07) is 54.2. The fourth-order valence-corrected chi connectivity index (χ4v) is 13.8. The summed E-state index contributed by atoms with van der Waals surface area (Å²) < 4.78 is 11.4. The first-order valence-electron chi connectivity index (χ1n) is 35.7. The van der Waals surface area contributed by atoms with Crippen LogP contribution >= 0.6 is 0 Å². The number of hydrogen-bond acceptors (Lipinski definition) is 0. The van der Waals surface area contributed by atoms with Gasteiger partial charge in [-0.1, -0.05) is 120 Å². The van der Waals surface area contributed by atoms with Crippen LogP contribution in [0, 0.1) is 117 Å². The first kappa shape index (κ1) is 75.2. The van der Waals surface area contributed by atoms with Crippen molar-refractivity contribution in [1.82, 2.24) is 0 Å². The first-order valence-corrected chi connectivity index (χ1v) is 35.7. The lowest BCUT2D eigenvalue weighted by Gasteiger charge is -2.22. The van der Waals surface area contributed by atoms with Crippen molar-refractivity contribution in [3.63, 3.8) is 0 Å². The third kappa shape index (κ3) is 18.3. The van der Waals surface area contributed by atoms with Crippen LogP contribution in [0.4, 0.5) is 0 Å². The summed E-state index contributed by atoms with van der Waals surface area (Å²) >= 11 is 0. The summed E-state index contributed by atoms with van der Waals surface area (Å²) in [5, 5.41) is 0. The first-order chi connectivity index (χ1) is 45.4. The van der Waals surface area contributed by atoms with Crippen molar-refractivity contribution in [2.24, 2.45) is 41.2 Å². The Morgan fingerprint density at radius 3 is 1.14 bits per heavy atom. The van der Waals surface area contributed by atoms with Gasteiger partial charge >= 0.3 is 0 Å². The fourth-order valence-electron chi connectivity index (χ4n) is 13.8. The van der Waals surface area contributed by atoms with Gasteiger partial charge in [-0.3, -0.25) is 0 Å². The van der Waals surface area contributed by atoms with E-state index < -0.39 is 0 Å². The van der Waals surface area contributed by atoms with E-state index in [2.05, 4.69) is 355 Å². The summed E-state index contributed by atoms with van der Waals surface area (Å²) in [6.07, 6.45) is 11.4. The molecule has 1 saturated carbocycles. The van der Waals surface area contributed by atoms with Crippen LogP contribution in [0.15, 0.2) is 152 Å². The number of aromatic nitrogens is 5. The molecule has 96 heavy (non-hydrogen) atoms. The summed E-state index contributed by atoms with van der Waals surface area (Å²) in [5.74, 6) is 2.08. The number of nitrogens with zero attached hydrogens (tertiary/aromatic N) is 5. The van der Waals surface area contributed by atoms with Gasteiger partial charge in [-0.15, -0.1) is 0 Å². The second-order valence-electron chi connectivity index (χ2n) is 29.0. The molecule has 10 aromatic rings. The molecular weight excluding hydrogens is 1160 g/mol. The van der Waals surface area contributed by atoms with E-state index in [1.165, 1.54) is 195 Å². The number of rotatable bonds is 10. The molecule has 5 heterocycles. The van der Waals surface area contributed by atoms with Crippen LogP contribution in [0.3, 0.4) is 0 Å². The van der Waals surface area contributed by atoms with Gasteiger partial charge in [0.25, 0.3) is 0 Å². The van der Waals surface area contributed by atoms with Gasteiger partial charge in [0.2, 0.25) is 28.5 Å². The Labute approximate surface area is 582 Å². The van der Waals surface area contributed by atoms with E-state index in [1.54, 1.807) is 5.56 Å². The molecule has 0 N–H and O–H groups in total. The molecule has 504 valence electrons. The average Bonchev–Trinajstić information content (AvgIpc) is 0.831. The SMILES string of the molecule is CCc1ccc(-c2ccc(C)c(C)[n+]2C)c(C)c1.Cc1cc(C(C)C)ccc1-c1ccc(C)c(C)[n+]1C.Cc1cc(C2CCCCC2)ccc1-c1c(C)c(C)cc[n+]1C.Cc1cc(CC(C)C)ccc1-c1ccc(C)c(C)[n+]1C.Cc1ccc(-c2ccc(C)c(C)[n+]2C)c(C)c1. The van der Waals surface area contributed by atoms with Crippen LogP contribution < -0.4 is 22.8 Å². The Hall–Kier alpha value is -8.15. The maximum Gasteiger partial charge on any atom is 0.215 e. The zero-order valence-electron chi connectivity index (χ0n) is 64.4. The molecule has 0 bridgehead atoms. The van der Waals surface area contributed by atoms with E-state index in [4.69, 9.17) is 0 Å². The average molecular weight is 1280 g/mol. The molecule has 0 radical (unpaired) electrons. The molecular formula is C91H120N5+5. The van der Waals surface area contributed by atoms with E-state index in [0.717, 1.165) is 18.8 Å². The largest absolute Gasteiger partial charge is 0.215 e.